The van der Waals surface area contributed by atoms with Gasteiger partial charge in [-0.2, -0.15) is 0 Å². The zero-order valence-electron chi connectivity index (χ0n) is 23.6. The van der Waals surface area contributed by atoms with Gasteiger partial charge in [0.15, 0.2) is 0 Å². The normalized spacial score (nSPS) is 18.0. The van der Waals surface area contributed by atoms with Crippen molar-refractivity contribution in [2.75, 3.05) is 18.8 Å². The lowest BCUT2D eigenvalue weighted by Gasteiger charge is -2.37. The maximum atomic E-state index is 12.8. The van der Waals surface area contributed by atoms with Crippen LogP contribution in [-0.4, -0.2) is 52.0 Å². The van der Waals surface area contributed by atoms with Crippen LogP contribution in [0.3, 0.4) is 0 Å². The molecule has 4 N–H and O–H groups in total. The maximum Gasteiger partial charge on any atom is 0.226 e. The summed E-state index contributed by atoms with van der Waals surface area (Å²) in [5.74, 6) is 0.200. The molecule has 4 aromatic rings. The van der Waals surface area contributed by atoms with Gasteiger partial charge in [0.25, 0.3) is 0 Å². The quantitative estimate of drug-likeness (QED) is 0.258. The number of fused-ring (bicyclic) bond motifs is 1. The van der Waals surface area contributed by atoms with E-state index in [2.05, 4.69) is 57.8 Å². The molecule has 2 aromatic carbocycles. The van der Waals surface area contributed by atoms with Crippen LogP contribution >= 0.6 is 0 Å². The van der Waals surface area contributed by atoms with Crippen molar-refractivity contribution < 1.29 is 13.2 Å². The summed E-state index contributed by atoms with van der Waals surface area (Å²) < 4.78 is 29.5. The minimum Gasteiger partial charge on any atom is -0.399 e. The van der Waals surface area contributed by atoms with Crippen molar-refractivity contribution in [1.82, 2.24) is 24.2 Å². The second kappa shape index (κ2) is 11.9. The van der Waals surface area contributed by atoms with Gasteiger partial charge in [0.2, 0.25) is 15.9 Å². The first kappa shape index (κ1) is 28.6. The standard InChI is InChI=1S/C31H38N6O3S/c1-4-12-41(39,40)36-11-10-29(21(2)18-36)37-19-28(25-7-5-6-24(14-25)22(3)32)27-9-8-23(13-30(27)37)16-34-31(38)15-26-17-33-20-35-26/h5-9,13-14,17,19-21,29H,3-4,10-12,15-16,18,32H2,1-2H3,(H,33,35)(H,34,38). The molecule has 9 nitrogen and oxygen atoms in total. The first-order valence-corrected chi connectivity index (χ1v) is 15.7. The Morgan fingerprint density at radius 3 is 2.78 bits per heavy atom. The van der Waals surface area contributed by atoms with E-state index in [0.29, 0.717) is 37.4 Å². The Morgan fingerprint density at radius 2 is 2.07 bits per heavy atom. The van der Waals surface area contributed by atoms with Gasteiger partial charge in [0.1, 0.15) is 0 Å². The molecule has 0 bridgehead atoms. The molecule has 1 saturated heterocycles. The van der Waals surface area contributed by atoms with E-state index in [1.807, 2.05) is 31.2 Å². The average Bonchev–Trinajstić information content (AvgIpc) is 3.59. The molecule has 0 aliphatic carbocycles. The van der Waals surface area contributed by atoms with E-state index in [1.165, 1.54) is 0 Å². The molecule has 0 spiro atoms. The summed E-state index contributed by atoms with van der Waals surface area (Å²) in [6.45, 7) is 9.31. The second-order valence-corrected chi connectivity index (χ2v) is 13.0. The third-order valence-corrected chi connectivity index (χ3v) is 9.91. The Morgan fingerprint density at radius 1 is 1.24 bits per heavy atom. The molecular formula is C31H38N6O3S. The number of rotatable bonds is 10. The molecular weight excluding hydrogens is 536 g/mol. The van der Waals surface area contributed by atoms with Crippen molar-refractivity contribution >= 4 is 32.5 Å². The number of benzene rings is 2. The molecule has 5 rings (SSSR count). The van der Waals surface area contributed by atoms with Crippen LogP contribution in [-0.2, 0) is 27.8 Å². The molecule has 1 fully saturated rings. The van der Waals surface area contributed by atoms with Gasteiger partial charge in [-0.25, -0.2) is 17.7 Å². The monoisotopic (exact) mass is 574 g/mol. The Bertz CT molecular complexity index is 1660. The molecule has 41 heavy (non-hydrogen) atoms. The van der Waals surface area contributed by atoms with Gasteiger partial charge in [-0.05, 0) is 47.6 Å². The number of nitrogens with two attached hydrogens (primary N) is 1. The second-order valence-electron chi connectivity index (χ2n) is 10.9. The largest absolute Gasteiger partial charge is 0.399 e. The molecule has 1 aliphatic heterocycles. The van der Waals surface area contributed by atoms with Crippen molar-refractivity contribution in [3.05, 3.63) is 84.6 Å². The number of nitrogens with zero attached hydrogens (tertiary/aromatic N) is 3. The van der Waals surface area contributed by atoms with Crippen LogP contribution in [0.4, 0.5) is 0 Å². The number of H-pyrrole nitrogens is 1. The summed E-state index contributed by atoms with van der Waals surface area (Å²) in [6, 6.07) is 14.4. The minimum atomic E-state index is -3.25. The summed E-state index contributed by atoms with van der Waals surface area (Å²) in [4.78, 5) is 19.5. The van der Waals surface area contributed by atoms with Crippen molar-refractivity contribution in [2.45, 2.75) is 45.7 Å². The number of aromatic nitrogens is 3. The average molecular weight is 575 g/mol. The van der Waals surface area contributed by atoms with Gasteiger partial charge in [0, 0.05) is 60.2 Å². The van der Waals surface area contributed by atoms with Crippen molar-refractivity contribution in [1.29, 1.82) is 0 Å². The number of carbonyl (C=O) groups excluding carboxylic acids is 1. The highest BCUT2D eigenvalue weighted by atomic mass is 32.2. The molecule has 2 atom stereocenters. The predicted molar refractivity (Wildman–Crippen MR) is 163 cm³/mol. The number of hydrogen-bond donors (Lipinski definition) is 3. The molecule has 1 amide bonds. The number of imidazole rings is 1. The predicted octanol–water partition coefficient (Wildman–Crippen LogP) is 4.44. The Hall–Kier alpha value is -3.89. The van der Waals surface area contributed by atoms with Crippen LogP contribution in [0, 0.1) is 5.92 Å². The van der Waals surface area contributed by atoms with Gasteiger partial charge < -0.3 is 20.6 Å². The van der Waals surface area contributed by atoms with E-state index >= 15 is 0 Å². The van der Waals surface area contributed by atoms with Crippen molar-refractivity contribution in [2.24, 2.45) is 11.7 Å². The zero-order chi connectivity index (χ0) is 29.1. The minimum absolute atomic E-state index is 0.0959. The number of amides is 1. The van der Waals surface area contributed by atoms with E-state index in [1.54, 1.807) is 16.8 Å². The molecule has 3 heterocycles. The van der Waals surface area contributed by atoms with Crippen LogP contribution in [0.15, 0.2) is 67.8 Å². The van der Waals surface area contributed by atoms with Crippen LogP contribution in [0.2, 0.25) is 0 Å². The molecule has 0 saturated carbocycles. The van der Waals surface area contributed by atoms with Crippen molar-refractivity contribution in [3.63, 3.8) is 0 Å². The maximum absolute atomic E-state index is 12.8. The van der Waals surface area contributed by atoms with Gasteiger partial charge in [-0.3, -0.25) is 4.79 Å². The highest BCUT2D eigenvalue weighted by molar-refractivity contribution is 7.89. The van der Waals surface area contributed by atoms with Crippen LogP contribution < -0.4 is 11.1 Å². The summed E-state index contributed by atoms with van der Waals surface area (Å²) >= 11 is 0. The van der Waals surface area contributed by atoms with Gasteiger partial charge in [-0.1, -0.05) is 50.8 Å². The number of aromatic amines is 1. The Labute approximate surface area is 241 Å². The number of carbonyl (C=O) groups is 1. The van der Waals surface area contributed by atoms with Gasteiger partial charge in [0.05, 0.1) is 24.2 Å². The lowest BCUT2D eigenvalue weighted by atomic mass is 9.95. The first-order valence-electron chi connectivity index (χ1n) is 14.1. The third kappa shape index (κ3) is 6.23. The third-order valence-electron chi connectivity index (χ3n) is 7.86. The van der Waals surface area contributed by atoms with Crippen molar-refractivity contribution in [3.8, 4) is 11.1 Å². The van der Waals surface area contributed by atoms with Crippen LogP contribution in [0.5, 0.6) is 0 Å². The summed E-state index contributed by atoms with van der Waals surface area (Å²) in [7, 11) is -3.25. The Balaban J connectivity index is 1.48. The first-order chi connectivity index (χ1) is 19.7. The lowest BCUT2D eigenvalue weighted by Crippen LogP contribution is -2.44. The smallest absolute Gasteiger partial charge is 0.226 e. The topological polar surface area (TPSA) is 126 Å². The summed E-state index contributed by atoms with van der Waals surface area (Å²) in [5, 5.41) is 4.09. The summed E-state index contributed by atoms with van der Waals surface area (Å²) in [6.07, 6.45) is 7.00. The molecule has 216 valence electrons. The molecule has 1 aliphatic rings. The fourth-order valence-electron chi connectivity index (χ4n) is 5.76. The summed E-state index contributed by atoms with van der Waals surface area (Å²) in [5.41, 5.74) is 12.2. The van der Waals surface area contributed by atoms with E-state index in [0.717, 1.165) is 39.6 Å². The van der Waals surface area contributed by atoms with E-state index in [9.17, 15) is 13.2 Å². The molecule has 2 unspecified atom stereocenters. The lowest BCUT2D eigenvalue weighted by molar-refractivity contribution is -0.120. The molecule has 2 aromatic heterocycles. The van der Waals surface area contributed by atoms with Crippen LogP contribution in [0.1, 0.15) is 49.6 Å². The Kier molecular flexibility index (Phi) is 8.32. The molecule has 0 radical (unpaired) electrons. The van der Waals surface area contributed by atoms with E-state index in [4.69, 9.17) is 5.73 Å². The van der Waals surface area contributed by atoms with E-state index in [-0.39, 0.29) is 30.0 Å². The highest BCUT2D eigenvalue weighted by Gasteiger charge is 2.33. The SMILES string of the molecule is C=C(N)c1cccc(-c2cn(C3CCN(S(=O)(=O)CCC)CC3C)c3cc(CNC(=O)Cc4c[nH]cn4)ccc23)c1. The van der Waals surface area contributed by atoms with E-state index < -0.39 is 10.0 Å². The van der Waals surface area contributed by atoms with Gasteiger partial charge >= 0.3 is 0 Å². The fraction of sp³-hybridized carbons (Fsp3) is 0.355. The number of nitrogens with one attached hydrogen (secondary N) is 2. The number of sulfonamides is 1. The molecule has 10 heteroatoms. The number of piperidine rings is 1. The highest BCUT2D eigenvalue weighted by Crippen LogP contribution is 2.38. The fourth-order valence-corrected chi connectivity index (χ4v) is 7.38. The number of hydrogen-bond acceptors (Lipinski definition) is 5. The van der Waals surface area contributed by atoms with Gasteiger partial charge in [-0.15, -0.1) is 0 Å². The van der Waals surface area contributed by atoms with Crippen LogP contribution in [0.25, 0.3) is 27.7 Å². The zero-order valence-corrected chi connectivity index (χ0v) is 24.5.